The van der Waals surface area contributed by atoms with E-state index in [1.54, 1.807) is 4.68 Å². The van der Waals surface area contributed by atoms with Crippen molar-refractivity contribution in [2.24, 2.45) is 7.05 Å². The maximum Gasteiger partial charge on any atom is 0.0983 e. The second-order valence-corrected chi connectivity index (χ2v) is 5.19. The van der Waals surface area contributed by atoms with Gasteiger partial charge in [0.25, 0.3) is 0 Å². The van der Waals surface area contributed by atoms with Gasteiger partial charge >= 0.3 is 0 Å². The number of nitrogens with zero attached hydrogens (tertiary/aromatic N) is 2. The number of aliphatic hydroxyl groups excluding tert-OH is 1. The van der Waals surface area contributed by atoms with E-state index in [0.29, 0.717) is 26.2 Å². The Morgan fingerprint density at radius 1 is 1.53 bits per heavy atom. The highest BCUT2D eigenvalue weighted by Crippen LogP contribution is 2.31. The average molecular weight is 268 g/mol. The van der Waals surface area contributed by atoms with Crippen molar-refractivity contribution >= 4 is 0 Å². The van der Waals surface area contributed by atoms with Crippen molar-refractivity contribution in [1.29, 1.82) is 0 Å². The first-order chi connectivity index (χ1) is 9.16. The molecule has 1 unspecified atom stereocenters. The highest BCUT2D eigenvalue weighted by atomic mass is 16.5. The number of hydrogen-bond acceptors (Lipinski definition) is 4. The minimum Gasteiger partial charge on any atom is -0.390 e. The average Bonchev–Trinajstić information content (AvgIpc) is 2.83. The molecule has 0 bridgehead atoms. The van der Waals surface area contributed by atoms with Crippen LogP contribution in [-0.2, 0) is 22.9 Å². The van der Waals surface area contributed by atoms with Gasteiger partial charge in [-0.05, 0) is 25.3 Å². The molecule has 2 heterocycles. The third-order valence-electron chi connectivity index (χ3n) is 3.84. The molecular formula is C14H24N2O3. The number of aromatic nitrogens is 2. The fourth-order valence-corrected chi connectivity index (χ4v) is 2.75. The van der Waals surface area contributed by atoms with E-state index in [1.807, 2.05) is 26.4 Å². The van der Waals surface area contributed by atoms with Crippen LogP contribution in [0.2, 0.25) is 0 Å². The molecule has 5 nitrogen and oxygen atoms in total. The lowest BCUT2D eigenvalue weighted by Crippen LogP contribution is -2.49. The first-order valence-corrected chi connectivity index (χ1v) is 7.03. The van der Waals surface area contributed by atoms with Gasteiger partial charge in [0, 0.05) is 45.9 Å². The van der Waals surface area contributed by atoms with Crippen LogP contribution in [0.3, 0.4) is 0 Å². The summed E-state index contributed by atoms with van der Waals surface area (Å²) in [7, 11) is 1.90. The summed E-state index contributed by atoms with van der Waals surface area (Å²) in [6, 6.07) is 0. The third kappa shape index (κ3) is 3.55. The standard InChI is InChI=1S/C14H24N2O3/c1-3-19-14(6-8-18-9-7-14)13(17)5-4-12-10-15-16(2)11-12/h10-11,13,17H,3-9H2,1-2H3. The number of aryl methyl sites for hydroxylation is 2. The Morgan fingerprint density at radius 2 is 2.26 bits per heavy atom. The maximum absolute atomic E-state index is 10.5. The molecule has 0 saturated carbocycles. The normalized spacial score (nSPS) is 20.4. The zero-order valence-corrected chi connectivity index (χ0v) is 11.8. The number of aliphatic hydroxyl groups is 1. The molecule has 19 heavy (non-hydrogen) atoms. The Labute approximate surface area is 114 Å². The van der Waals surface area contributed by atoms with Crippen LogP contribution in [0.1, 0.15) is 31.7 Å². The molecule has 0 aliphatic carbocycles. The summed E-state index contributed by atoms with van der Waals surface area (Å²) in [6.45, 7) is 3.95. The summed E-state index contributed by atoms with van der Waals surface area (Å²) in [5, 5.41) is 14.7. The predicted octanol–water partition coefficient (Wildman–Crippen LogP) is 1.30. The highest BCUT2D eigenvalue weighted by Gasteiger charge is 2.40. The number of ether oxygens (including phenoxy) is 2. The second kappa shape index (κ2) is 6.50. The number of rotatable bonds is 6. The summed E-state index contributed by atoms with van der Waals surface area (Å²) in [5.41, 5.74) is 0.732. The van der Waals surface area contributed by atoms with Crippen molar-refractivity contribution < 1.29 is 14.6 Å². The van der Waals surface area contributed by atoms with Gasteiger partial charge in [0.1, 0.15) is 0 Å². The minimum atomic E-state index is -0.448. The molecule has 108 valence electrons. The molecule has 0 radical (unpaired) electrons. The van der Waals surface area contributed by atoms with Gasteiger partial charge in [0.05, 0.1) is 17.9 Å². The molecule has 1 atom stereocenters. The maximum atomic E-state index is 10.5. The van der Waals surface area contributed by atoms with E-state index in [0.717, 1.165) is 24.8 Å². The Balaban J connectivity index is 1.93. The molecule has 0 aromatic carbocycles. The van der Waals surface area contributed by atoms with Gasteiger partial charge in [0.15, 0.2) is 0 Å². The largest absolute Gasteiger partial charge is 0.390 e. The predicted molar refractivity (Wildman–Crippen MR) is 71.9 cm³/mol. The smallest absolute Gasteiger partial charge is 0.0983 e. The fourth-order valence-electron chi connectivity index (χ4n) is 2.75. The van der Waals surface area contributed by atoms with E-state index in [1.165, 1.54) is 0 Å². The van der Waals surface area contributed by atoms with Crippen LogP contribution in [0.25, 0.3) is 0 Å². The van der Waals surface area contributed by atoms with Gasteiger partial charge < -0.3 is 14.6 Å². The minimum absolute atomic E-state index is 0.421. The molecule has 1 aliphatic rings. The summed E-state index contributed by atoms with van der Waals surface area (Å²) in [5.74, 6) is 0. The molecule has 0 spiro atoms. The van der Waals surface area contributed by atoms with Crippen molar-refractivity contribution in [1.82, 2.24) is 9.78 Å². The van der Waals surface area contributed by atoms with Crippen LogP contribution < -0.4 is 0 Å². The molecule has 0 amide bonds. The zero-order chi connectivity index (χ0) is 13.7. The summed E-state index contributed by atoms with van der Waals surface area (Å²) in [4.78, 5) is 0. The van der Waals surface area contributed by atoms with Crippen LogP contribution in [0, 0.1) is 0 Å². The van der Waals surface area contributed by atoms with E-state index in [9.17, 15) is 5.11 Å². The van der Waals surface area contributed by atoms with Gasteiger partial charge in [-0.1, -0.05) is 0 Å². The van der Waals surface area contributed by atoms with Crippen LogP contribution in [0.15, 0.2) is 12.4 Å². The molecule has 5 heteroatoms. The van der Waals surface area contributed by atoms with E-state index in [4.69, 9.17) is 9.47 Å². The Kier molecular flexibility index (Phi) is 4.96. The molecule has 1 saturated heterocycles. The Bertz CT molecular complexity index is 380. The topological polar surface area (TPSA) is 56.5 Å². The third-order valence-corrected chi connectivity index (χ3v) is 3.84. The van der Waals surface area contributed by atoms with Crippen LogP contribution in [-0.4, -0.2) is 46.4 Å². The summed E-state index contributed by atoms with van der Waals surface area (Å²) in [6.07, 6.45) is 6.46. The lowest BCUT2D eigenvalue weighted by atomic mass is 9.85. The van der Waals surface area contributed by atoms with Gasteiger partial charge in [-0.3, -0.25) is 4.68 Å². The summed E-state index contributed by atoms with van der Waals surface area (Å²) >= 11 is 0. The van der Waals surface area contributed by atoms with Crippen molar-refractivity contribution in [2.75, 3.05) is 19.8 Å². The fraction of sp³-hybridized carbons (Fsp3) is 0.786. The van der Waals surface area contributed by atoms with Crippen LogP contribution >= 0.6 is 0 Å². The first kappa shape index (κ1) is 14.5. The Morgan fingerprint density at radius 3 is 2.84 bits per heavy atom. The highest BCUT2D eigenvalue weighted by molar-refractivity contribution is 5.05. The SMILES string of the molecule is CCOC1(C(O)CCc2cnn(C)c2)CCOCC1. The van der Waals surface area contributed by atoms with Crippen molar-refractivity contribution in [2.45, 2.75) is 44.3 Å². The van der Waals surface area contributed by atoms with Crippen molar-refractivity contribution in [3.8, 4) is 0 Å². The summed E-state index contributed by atoms with van der Waals surface area (Å²) < 4.78 is 13.0. The van der Waals surface area contributed by atoms with Gasteiger partial charge in [-0.2, -0.15) is 5.10 Å². The molecule has 1 aliphatic heterocycles. The van der Waals surface area contributed by atoms with Gasteiger partial charge in [-0.25, -0.2) is 0 Å². The quantitative estimate of drug-likeness (QED) is 0.845. The van der Waals surface area contributed by atoms with Gasteiger partial charge in [0.2, 0.25) is 0 Å². The molecule has 1 aromatic rings. The van der Waals surface area contributed by atoms with Gasteiger partial charge in [-0.15, -0.1) is 0 Å². The van der Waals surface area contributed by atoms with E-state index in [-0.39, 0.29) is 0 Å². The Hall–Kier alpha value is -0.910. The monoisotopic (exact) mass is 268 g/mol. The lowest BCUT2D eigenvalue weighted by Gasteiger charge is -2.40. The van der Waals surface area contributed by atoms with Crippen LogP contribution in [0.5, 0.6) is 0 Å². The molecule has 1 fully saturated rings. The molecular weight excluding hydrogens is 244 g/mol. The van der Waals surface area contributed by atoms with E-state index in [2.05, 4.69) is 5.10 Å². The second-order valence-electron chi connectivity index (χ2n) is 5.19. The first-order valence-electron chi connectivity index (χ1n) is 7.03. The molecule has 1 N–H and O–H groups in total. The number of hydrogen-bond donors (Lipinski definition) is 1. The van der Waals surface area contributed by atoms with Crippen molar-refractivity contribution in [3.63, 3.8) is 0 Å². The van der Waals surface area contributed by atoms with Crippen LogP contribution in [0.4, 0.5) is 0 Å². The molecule has 1 aromatic heterocycles. The lowest BCUT2D eigenvalue weighted by molar-refractivity contribution is -0.167. The zero-order valence-electron chi connectivity index (χ0n) is 11.8. The molecule has 2 rings (SSSR count). The van der Waals surface area contributed by atoms with E-state index >= 15 is 0 Å². The van der Waals surface area contributed by atoms with Crippen molar-refractivity contribution in [3.05, 3.63) is 18.0 Å². The van der Waals surface area contributed by atoms with E-state index < -0.39 is 11.7 Å².